The molecule has 19 heavy (non-hydrogen) atoms. The molecule has 0 spiro atoms. The second-order valence-electron chi connectivity index (χ2n) is 4.56. The van der Waals surface area contributed by atoms with Crippen LogP contribution in [0.1, 0.15) is 20.8 Å². The first-order chi connectivity index (χ1) is 8.99. The molecule has 0 fully saturated rings. The van der Waals surface area contributed by atoms with Gasteiger partial charge in [-0.15, -0.1) is 0 Å². The molecule has 1 atom stereocenters. The summed E-state index contributed by atoms with van der Waals surface area (Å²) in [4.78, 5) is 11.9. The first-order valence-electron chi connectivity index (χ1n) is 6.36. The Morgan fingerprint density at radius 2 is 2.05 bits per heavy atom. The Kier molecular flexibility index (Phi) is 5.63. The van der Waals surface area contributed by atoms with E-state index in [-0.39, 0.29) is 11.8 Å². The highest BCUT2D eigenvalue weighted by Gasteiger charge is 2.17. The van der Waals surface area contributed by atoms with Gasteiger partial charge in [-0.1, -0.05) is 13.8 Å². The summed E-state index contributed by atoms with van der Waals surface area (Å²) in [6.45, 7) is 6.27. The van der Waals surface area contributed by atoms with E-state index in [1.807, 2.05) is 20.8 Å². The minimum absolute atomic E-state index is 0.0876. The van der Waals surface area contributed by atoms with Crippen molar-refractivity contribution in [1.82, 2.24) is 0 Å². The molecular formula is C14H22N2O3. The van der Waals surface area contributed by atoms with Gasteiger partial charge in [-0.2, -0.15) is 0 Å². The van der Waals surface area contributed by atoms with E-state index in [4.69, 9.17) is 15.2 Å². The topological polar surface area (TPSA) is 73.6 Å². The van der Waals surface area contributed by atoms with Crippen LogP contribution in [0.3, 0.4) is 0 Å². The van der Waals surface area contributed by atoms with Crippen molar-refractivity contribution in [2.45, 2.75) is 26.8 Å². The van der Waals surface area contributed by atoms with Crippen molar-refractivity contribution >= 4 is 11.6 Å². The van der Waals surface area contributed by atoms with Gasteiger partial charge in [-0.3, -0.25) is 4.79 Å². The van der Waals surface area contributed by atoms with Crippen molar-refractivity contribution < 1.29 is 14.3 Å². The highest BCUT2D eigenvalue weighted by Crippen LogP contribution is 2.30. The largest absolute Gasteiger partial charge is 0.493 e. The van der Waals surface area contributed by atoms with Crippen molar-refractivity contribution in [3.63, 3.8) is 0 Å². The van der Waals surface area contributed by atoms with E-state index in [9.17, 15) is 4.79 Å². The predicted molar refractivity (Wildman–Crippen MR) is 75.6 cm³/mol. The molecule has 5 nitrogen and oxygen atoms in total. The zero-order valence-electron chi connectivity index (χ0n) is 11.9. The molecule has 0 aromatic heterocycles. The lowest BCUT2D eigenvalue weighted by atomic mass is 10.0. The molecule has 0 heterocycles. The van der Waals surface area contributed by atoms with Gasteiger partial charge in [-0.25, -0.2) is 0 Å². The molecule has 1 unspecified atom stereocenters. The molecule has 0 saturated carbocycles. The Bertz CT molecular complexity index is 433. The van der Waals surface area contributed by atoms with Gasteiger partial charge in [0, 0.05) is 11.8 Å². The van der Waals surface area contributed by atoms with Crippen LogP contribution in [0.4, 0.5) is 5.69 Å². The number of anilines is 1. The standard InChI is InChI=1S/C14H22N2O3/c1-5-19-11-7-6-10(8-12(11)18-4)16-14(17)13(15)9(2)3/h6-9,13H,5,15H2,1-4H3,(H,16,17). The fourth-order valence-electron chi connectivity index (χ4n) is 1.55. The molecule has 1 amide bonds. The number of benzene rings is 1. The van der Waals surface area contributed by atoms with E-state index >= 15 is 0 Å². The van der Waals surface area contributed by atoms with Gasteiger partial charge in [0.1, 0.15) is 0 Å². The second-order valence-corrected chi connectivity index (χ2v) is 4.56. The van der Waals surface area contributed by atoms with Crippen molar-refractivity contribution in [2.24, 2.45) is 11.7 Å². The fraction of sp³-hybridized carbons (Fsp3) is 0.500. The number of carbonyl (C=O) groups excluding carboxylic acids is 1. The molecule has 5 heteroatoms. The van der Waals surface area contributed by atoms with E-state index in [0.717, 1.165) is 0 Å². The van der Waals surface area contributed by atoms with Gasteiger partial charge < -0.3 is 20.5 Å². The molecular weight excluding hydrogens is 244 g/mol. The number of carbonyl (C=O) groups is 1. The molecule has 3 N–H and O–H groups in total. The summed E-state index contributed by atoms with van der Waals surface area (Å²) in [7, 11) is 1.56. The number of nitrogens with one attached hydrogen (secondary N) is 1. The third-order valence-electron chi connectivity index (χ3n) is 2.75. The van der Waals surface area contributed by atoms with Crippen LogP contribution in [0.25, 0.3) is 0 Å². The maximum Gasteiger partial charge on any atom is 0.241 e. The van der Waals surface area contributed by atoms with E-state index in [1.54, 1.807) is 25.3 Å². The van der Waals surface area contributed by atoms with E-state index in [1.165, 1.54) is 0 Å². The number of ether oxygens (including phenoxy) is 2. The summed E-state index contributed by atoms with van der Waals surface area (Å²) < 4.78 is 10.6. The van der Waals surface area contributed by atoms with Crippen LogP contribution < -0.4 is 20.5 Å². The number of nitrogens with two attached hydrogens (primary N) is 1. The summed E-state index contributed by atoms with van der Waals surface area (Å²) in [6, 6.07) is 4.71. The SMILES string of the molecule is CCOc1ccc(NC(=O)C(N)C(C)C)cc1OC. The normalized spacial score (nSPS) is 12.1. The minimum atomic E-state index is -0.530. The summed E-state index contributed by atoms with van der Waals surface area (Å²) >= 11 is 0. The van der Waals surface area contributed by atoms with Gasteiger partial charge in [0.2, 0.25) is 5.91 Å². The summed E-state index contributed by atoms with van der Waals surface area (Å²) in [5.41, 5.74) is 6.43. The molecule has 1 aromatic carbocycles. The molecule has 1 rings (SSSR count). The lowest BCUT2D eigenvalue weighted by Crippen LogP contribution is -2.39. The molecule has 0 bridgehead atoms. The maximum absolute atomic E-state index is 11.9. The van der Waals surface area contributed by atoms with Crippen LogP contribution in [0.2, 0.25) is 0 Å². The lowest BCUT2D eigenvalue weighted by Gasteiger charge is -2.16. The van der Waals surface area contributed by atoms with Crippen molar-refractivity contribution in [1.29, 1.82) is 0 Å². The van der Waals surface area contributed by atoms with E-state index in [2.05, 4.69) is 5.32 Å². The molecule has 0 saturated heterocycles. The quantitative estimate of drug-likeness (QED) is 0.826. The first kappa shape index (κ1) is 15.3. The summed E-state index contributed by atoms with van der Waals surface area (Å²) in [6.07, 6.45) is 0. The number of rotatable bonds is 6. The second kappa shape index (κ2) is 6.99. The Balaban J connectivity index is 2.82. The highest BCUT2D eigenvalue weighted by molar-refractivity contribution is 5.95. The van der Waals surface area contributed by atoms with Gasteiger partial charge in [-0.05, 0) is 25.0 Å². The Morgan fingerprint density at radius 3 is 2.58 bits per heavy atom. The molecule has 106 valence electrons. The molecule has 0 radical (unpaired) electrons. The van der Waals surface area contributed by atoms with Crippen LogP contribution >= 0.6 is 0 Å². The zero-order valence-corrected chi connectivity index (χ0v) is 11.9. The Labute approximate surface area is 114 Å². The first-order valence-corrected chi connectivity index (χ1v) is 6.36. The van der Waals surface area contributed by atoms with Crippen LogP contribution in [-0.4, -0.2) is 25.7 Å². The molecule has 0 aliphatic heterocycles. The predicted octanol–water partition coefficient (Wildman–Crippen LogP) is 2.02. The van der Waals surface area contributed by atoms with Crippen LogP contribution in [0.15, 0.2) is 18.2 Å². The highest BCUT2D eigenvalue weighted by atomic mass is 16.5. The fourth-order valence-corrected chi connectivity index (χ4v) is 1.55. The van der Waals surface area contributed by atoms with Crippen LogP contribution in [0.5, 0.6) is 11.5 Å². The average Bonchev–Trinajstić information content (AvgIpc) is 2.39. The number of amides is 1. The van der Waals surface area contributed by atoms with E-state index in [0.29, 0.717) is 23.8 Å². The third-order valence-corrected chi connectivity index (χ3v) is 2.75. The van der Waals surface area contributed by atoms with Gasteiger partial charge in [0.05, 0.1) is 19.8 Å². The Morgan fingerprint density at radius 1 is 1.37 bits per heavy atom. The zero-order chi connectivity index (χ0) is 14.4. The van der Waals surface area contributed by atoms with Gasteiger partial charge >= 0.3 is 0 Å². The number of hydrogen-bond acceptors (Lipinski definition) is 4. The van der Waals surface area contributed by atoms with Crippen LogP contribution in [0, 0.1) is 5.92 Å². The molecule has 0 aliphatic rings. The minimum Gasteiger partial charge on any atom is -0.493 e. The lowest BCUT2D eigenvalue weighted by molar-refractivity contribution is -0.118. The van der Waals surface area contributed by atoms with Gasteiger partial charge in [0.25, 0.3) is 0 Å². The number of methoxy groups -OCH3 is 1. The van der Waals surface area contributed by atoms with Crippen molar-refractivity contribution in [2.75, 3.05) is 19.0 Å². The van der Waals surface area contributed by atoms with Crippen molar-refractivity contribution in [3.05, 3.63) is 18.2 Å². The smallest absolute Gasteiger partial charge is 0.241 e. The third kappa shape index (κ3) is 4.13. The summed E-state index contributed by atoms with van der Waals surface area (Å²) in [5.74, 6) is 1.11. The molecule has 1 aromatic rings. The number of hydrogen-bond donors (Lipinski definition) is 2. The maximum atomic E-state index is 11.9. The van der Waals surface area contributed by atoms with Crippen LogP contribution in [-0.2, 0) is 4.79 Å². The van der Waals surface area contributed by atoms with Gasteiger partial charge in [0.15, 0.2) is 11.5 Å². The summed E-state index contributed by atoms with van der Waals surface area (Å²) in [5, 5.41) is 2.77. The average molecular weight is 266 g/mol. The van der Waals surface area contributed by atoms with E-state index < -0.39 is 6.04 Å². The molecule has 0 aliphatic carbocycles. The van der Waals surface area contributed by atoms with Crippen molar-refractivity contribution in [3.8, 4) is 11.5 Å². The Hall–Kier alpha value is -1.75. The monoisotopic (exact) mass is 266 g/mol.